The van der Waals surface area contributed by atoms with E-state index >= 15 is 0 Å². The van der Waals surface area contributed by atoms with Crippen LogP contribution in [0.5, 0.6) is 0 Å². The fraction of sp³-hybridized carbons (Fsp3) is 0.0769. The standard InChI is InChI=1S/C26H21N/c1-19-8-7-13-26-24(18-19)23-11-5-6-12-25(23)27(26)22-16-14-21(15-17-22)20-9-3-2-4-10-20/h2-7,9-18H,8H2,1H3. The molecule has 130 valence electrons. The Morgan fingerprint density at radius 1 is 0.741 bits per heavy atom. The molecule has 1 aromatic heterocycles. The van der Waals surface area contributed by atoms with Crippen molar-refractivity contribution in [3.05, 3.63) is 102 Å². The minimum Gasteiger partial charge on any atom is -0.309 e. The quantitative estimate of drug-likeness (QED) is 0.364. The summed E-state index contributed by atoms with van der Waals surface area (Å²) in [5, 5.41) is 1.31. The Kier molecular flexibility index (Phi) is 3.79. The molecule has 1 heterocycles. The van der Waals surface area contributed by atoms with Crippen molar-refractivity contribution < 1.29 is 0 Å². The number of nitrogens with zero attached hydrogens (tertiary/aromatic N) is 1. The van der Waals surface area contributed by atoms with Crippen molar-refractivity contribution in [2.45, 2.75) is 13.3 Å². The van der Waals surface area contributed by atoms with Gasteiger partial charge in [0.2, 0.25) is 0 Å². The minimum atomic E-state index is 1.01. The highest BCUT2D eigenvalue weighted by molar-refractivity contribution is 5.96. The second-order valence-electron chi connectivity index (χ2n) is 7.16. The molecular weight excluding hydrogens is 326 g/mol. The lowest BCUT2D eigenvalue weighted by Gasteiger charge is -2.10. The highest BCUT2D eigenvalue weighted by Gasteiger charge is 2.16. The van der Waals surface area contributed by atoms with E-state index in [2.05, 4.69) is 109 Å². The molecule has 3 aromatic carbocycles. The summed E-state index contributed by atoms with van der Waals surface area (Å²) < 4.78 is 2.38. The van der Waals surface area contributed by atoms with Gasteiger partial charge < -0.3 is 4.57 Å². The summed E-state index contributed by atoms with van der Waals surface area (Å²) in [7, 11) is 0. The Hall–Kier alpha value is -3.32. The maximum atomic E-state index is 2.38. The number of aromatic nitrogens is 1. The molecule has 0 N–H and O–H groups in total. The summed E-state index contributed by atoms with van der Waals surface area (Å²) >= 11 is 0. The summed E-state index contributed by atoms with van der Waals surface area (Å²) in [6.45, 7) is 2.21. The van der Waals surface area contributed by atoms with Crippen molar-refractivity contribution in [3.63, 3.8) is 0 Å². The fourth-order valence-electron chi connectivity index (χ4n) is 3.97. The average Bonchev–Trinajstić information content (AvgIpc) is 2.88. The molecule has 0 saturated carbocycles. The van der Waals surface area contributed by atoms with Crippen LogP contribution in [0.15, 0.2) is 90.5 Å². The molecule has 0 amide bonds. The van der Waals surface area contributed by atoms with Crippen LogP contribution in [0.25, 0.3) is 39.9 Å². The molecule has 0 spiro atoms. The molecule has 0 bridgehead atoms. The van der Waals surface area contributed by atoms with Crippen LogP contribution in [0.4, 0.5) is 0 Å². The van der Waals surface area contributed by atoms with E-state index in [9.17, 15) is 0 Å². The summed E-state index contributed by atoms with van der Waals surface area (Å²) in [6.07, 6.45) is 7.89. The van der Waals surface area contributed by atoms with E-state index in [4.69, 9.17) is 0 Å². The predicted molar refractivity (Wildman–Crippen MR) is 116 cm³/mol. The van der Waals surface area contributed by atoms with Crippen LogP contribution in [-0.2, 0) is 0 Å². The van der Waals surface area contributed by atoms with Crippen molar-refractivity contribution in [3.8, 4) is 16.8 Å². The van der Waals surface area contributed by atoms with Crippen LogP contribution in [0.1, 0.15) is 24.6 Å². The maximum absolute atomic E-state index is 2.38. The third kappa shape index (κ3) is 2.72. The van der Waals surface area contributed by atoms with Crippen LogP contribution in [0.2, 0.25) is 0 Å². The first-order valence-corrected chi connectivity index (χ1v) is 9.44. The van der Waals surface area contributed by atoms with Crippen LogP contribution in [-0.4, -0.2) is 4.57 Å². The Labute approximate surface area is 159 Å². The first-order chi connectivity index (χ1) is 13.3. The SMILES string of the molecule is CC1=Cc2c(n(-c3ccc(-c4ccccc4)cc3)c3ccccc23)C=CC1. The topological polar surface area (TPSA) is 4.93 Å². The van der Waals surface area contributed by atoms with Crippen LogP contribution in [0.3, 0.4) is 0 Å². The van der Waals surface area contributed by atoms with E-state index in [1.54, 1.807) is 0 Å². The van der Waals surface area contributed by atoms with Crippen molar-refractivity contribution in [2.75, 3.05) is 0 Å². The molecule has 1 aliphatic carbocycles. The smallest absolute Gasteiger partial charge is 0.0541 e. The summed E-state index contributed by atoms with van der Waals surface area (Å²) in [6, 6.07) is 28.1. The van der Waals surface area contributed by atoms with Gasteiger partial charge in [0.25, 0.3) is 0 Å². The third-order valence-corrected chi connectivity index (χ3v) is 5.29. The fourth-order valence-corrected chi connectivity index (χ4v) is 3.97. The zero-order valence-corrected chi connectivity index (χ0v) is 15.4. The van der Waals surface area contributed by atoms with E-state index in [0.717, 1.165) is 6.42 Å². The largest absolute Gasteiger partial charge is 0.309 e. The normalized spacial score (nSPS) is 13.3. The predicted octanol–water partition coefficient (Wildman–Crippen LogP) is 7.12. The Morgan fingerprint density at radius 3 is 2.26 bits per heavy atom. The van der Waals surface area contributed by atoms with Gasteiger partial charge in [-0.25, -0.2) is 0 Å². The molecule has 0 atom stereocenters. The van der Waals surface area contributed by atoms with Gasteiger partial charge in [-0.15, -0.1) is 0 Å². The molecule has 0 radical (unpaired) electrons. The van der Waals surface area contributed by atoms with E-state index in [1.807, 2.05) is 0 Å². The maximum Gasteiger partial charge on any atom is 0.0541 e. The molecule has 1 aliphatic rings. The van der Waals surface area contributed by atoms with Crippen molar-refractivity contribution >= 4 is 23.1 Å². The summed E-state index contributed by atoms with van der Waals surface area (Å²) in [5.41, 5.74) is 8.93. The number of hydrogen-bond acceptors (Lipinski definition) is 0. The van der Waals surface area contributed by atoms with Gasteiger partial charge in [-0.05, 0) is 48.7 Å². The Balaban J connectivity index is 1.71. The Bertz CT molecular complexity index is 1170. The molecule has 1 heteroatoms. The van der Waals surface area contributed by atoms with Gasteiger partial charge in [0, 0.05) is 16.6 Å². The third-order valence-electron chi connectivity index (χ3n) is 5.29. The summed E-state index contributed by atoms with van der Waals surface area (Å²) in [5.74, 6) is 0. The summed E-state index contributed by atoms with van der Waals surface area (Å²) in [4.78, 5) is 0. The minimum absolute atomic E-state index is 1.01. The molecule has 0 fully saturated rings. The van der Waals surface area contributed by atoms with Gasteiger partial charge in [-0.3, -0.25) is 0 Å². The lowest BCUT2D eigenvalue weighted by Crippen LogP contribution is -1.96. The number of para-hydroxylation sites is 1. The van der Waals surface area contributed by atoms with Crippen LogP contribution < -0.4 is 0 Å². The molecule has 0 aliphatic heterocycles. The van der Waals surface area contributed by atoms with Gasteiger partial charge in [0.15, 0.2) is 0 Å². The lowest BCUT2D eigenvalue weighted by molar-refractivity contribution is 1.11. The van der Waals surface area contributed by atoms with Crippen molar-refractivity contribution in [1.82, 2.24) is 4.57 Å². The van der Waals surface area contributed by atoms with Crippen molar-refractivity contribution in [1.29, 1.82) is 0 Å². The molecule has 5 rings (SSSR count). The van der Waals surface area contributed by atoms with E-state index in [0.29, 0.717) is 0 Å². The first-order valence-electron chi connectivity index (χ1n) is 9.44. The molecule has 1 nitrogen and oxygen atoms in total. The highest BCUT2D eigenvalue weighted by atomic mass is 15.0. The second-order valence-corrected chi connectivity index (χ2v) is 7.16. The van der Waals surface area contributed by atoms with Crippen molar-refractivity contribution in [2.24, 2.45) is 0 Å². The lowest BCUT2D eigenvalue weighted by atomic mass is 10.1. The van der Waals surface area contributed by atoms with Gasteiger partial charge >= 0.3 is 0 Å². The molecular formula is C26H21N. The second kappa shape index (κ2) is 6.44. The van der Waals surface area contributed by atoms with Gasteiger partial charge in [0.05, 0.1) is 11.2 Å². The zero-order chi connectivity index (χ0) is 18.2. The molecule has 0 saturated heterocycles. The van der Waals surface area contributed by atoms with E-state index in [1.165, 1.54) is 44.5 Å². The van der Waals surface area contributed by atoms with Gasteiger partial charge in [-0.2, -0.15) is 0 Å². The van der Waals surface area contributed by atoms with Gasteiger partial charge in [0.1, 0.15) is 0 Å². The highest BCUT2D eigenvalue weighted by Crippen LogP contribution is 2.34. The van der Waals surface area contributed by atoms with Crippen LogP contribution >= 0.6 is 0 Å². The number of benzene rings is 3. The van der Waals surface area contributed by atoms with Gasteiger partial charge in [-0.1, -0.05) is 78.4 Å². The zero-order valence-electron chi connectivity index (χ0n) is 15.4. The molecule has 0 unspecified atom stereocenters. The number of allylic oxidation sites excluding steroid dienone is 2. The molecule has 27 heavy (non-hydrogen) atoms. The average molecular weight is 347 g/mol. The number of hydrogen-bond donors (Lipinski definition) is 0. The first kappa shape index (κ1) is 15.9. The number of fused-ring (bicyclic) bond motifs is 3. The Morgan fingerprint density at radius 2 is 1.44 bits per heavy atom. The van der Waals surface area contributed by atoms with E-state index in [-0.39, 0.29) is 0 Å². The molecule has 4 aromatic rings. The van der Waals surface area contributed by atoms with Crippen LogP contribution in [0, 0.1) is 0 Å². The monoisotopic (exact) mass is 347 g/mol. The number of rotatable bonds is 2. The van der Waals surface area contributed by atoms with E-state index < -0.39 is 0 Å².